The first-order chi connectivity index (χ1) is 15.0. The smallest absolute Gasteiger partial charge is 0.348 e. The first-order valence-corrected chi connectivity index (χ1v) is 12.7. The van der Waals surface area contributed by atoms with Crippen LogP contribution >= 0.6 is 11.8 Å². The Hall–Kier alpha value is -2.30. The van der Waals surface area contributed by atoms with E-state index in [0.717, 1.165) is 17.5 Å². The van der Waals surface area contributed by atoms with Crippen molar-refractivity contribution in [2.45, 2.75) is 31.6 Å². The molecule has 0 spiro atoms. The second-order valence-corrected chi connectivity index (χ2v) is 9.65. The first-order valence-electron chi connectivity index (χ1n) is 9.74. The molecule has 5 nitrogen and oxygen atoms in total. The lowest BCUT2D eigenvalue weighted by Gasteiger charge is -2.21. The lowest BCUT2D eigenvalue weighted by molar-refractivity contribution is -0.137. The van der Waals surface area contributed by atoms with Crippen molar-refractivity contribution >= 4 is 33.8 Å². The van der Waals surface area contributed by atoms with Crippen LogP contribution in [0.25, 0.3) is 6.08 Å². The fraction of sp³-hybridized carbons (Fsp3) is 0.318. The van der Waals surface area contributed by atoms with Gasteiger partial charge in [-0.1, -0.05) is 42.5 Å². The Morgan fingerprint density at radius 3 is 2.44 bits per heavy atom. The third kappa shape index (κ3) is 8.33. The summed E-state index contributed by atoms with van der Waals surface area (Å²) in [7, 11) is -3.93. The minimum absolute atomic E-state index is 0.223. The second kappa shape index (κ2) is 11.5. The van der Waals surface area contributed by atoms with Crippen molar-refractivity contribution in [2.75, 3.05) is 12.0 Å². The maximum absolute atomic E-state index is 13.0. The van der Waals surface area contributed by atoms with Gasteiger partial charge in [0.15, 0.2) is 0 Å². The Morgan fingerprint density at radius 2 is 1.81 bits per heavy atom. The number of carbonyl (C=O) groups excluding carboxylic acids is 1. The zero-order valence-electron chi connectivity index (χ0n) is 17.6. The molecule has 174 valence electrons. The molecule has 0 aliphatic rings. The van der Waals surface area contributed by atoms with Crippen molar-refractivity contribution in [3.63, 3.8) is 0 Å². The van der Waals surface area contributed by atoms with Crippen LogP contribution < -0.4 is 10.0 Å². The molecular weight excluding hydrogens is 461 g/mol. The summed E-state index contributed by atoms with van der Waals surface area (Å²) in [5, 5.41) is 3.60. The molecule has 32 heavy (non-hydrogen) atoms. The van der Waals surface area contributed by atoms with Crippen LogP contribution in [0.5, 0.6) is 0 Å². The third-order valence-corrected chi connectivity index (χ3v) is 6.30. The number of hydrogen-bond donors (Lipinski definition) is 2. The quantitative estimate of drug-likeness (QED) is 0.515. The number of alkyl halides is 3. The SMILES string of the molecule is CSCCC(NS(=O)(=O)/C=C/c1ccccc1)C(=O)NC(C)c1cccc(C(F)(F)F)c1. The zero-order valence-corrected chi connectivity index (χ0v) is 19.2. The zero-order chi connectivity index (χ0) is 23.8. The number of carbonyl (C=O) groups is 1. The maximum atomic E-state index is 13.0. The predicted molar refractivity (Wildman–Crippen MR) is 122 cm³/mol. The van der Waals surface area contributed by atoms with Crippen molar-refractivity contribution in [2.24, 2.45) is 0 Å². The van der Waals surface area contributed by atoms with Crippen molar-refractivity contribution < 1.29 is 26.4 Å². The fourth-order valence-electron chi connectivity index (χ4n) is 2.83. The molecule has 0 heterocycles. The van der Waals surface area contributed by atoms with Gasteiger partial charge in [0.1, 0.15) is 6.04 Å². The van der Waals surface area contributed by atoms with Gasteiger partial charge in [0, 0.05) is 5.41 Å². The molecule has 2 aromatic carbocycles. The van der Waals surface area contributed by atoms with Gasteiger partial charge in [0.25, 0.3) is 0 Å². The number of halogens is 3. The summed E-state index contributed by atoms with van der Waals surface area (Å²) in [5.41, 5.74) is 0.131. The molecule has 1 amide bonds. The summed E-state index contributed by atoms with van der Waals surface area (Å²) < 4.78 is 66.2. The molecule has 2 N–H and O–H groups in total. The van der Waals surface area contributed by atoms with E-state index in [4.69, 9.17) is 0 Å². The third-order valence-electron chi connectivity index (χ3n) is 4.55. The summed E-state index contributed by atoms with van der Waals surface area (Å²) >= 11 is 1.45. The van der Waals surface area contributed by atoms with Crippen LogP contribution in [-0.4, -0.2) is 32.4 Å². The van der Waals surface area contributed by atoms with Crippen LogP contribution in [0.1, 0.15) is 36.1 Å². The highest BCUT2D eigenvalue weighted by atomic mass is 32.2. The number of benzene rings is 2. The van der Waals surface area contributed by atoms with Crippen molar-refractivity contribution in [1.29, 1.82) is 0 Å². The number of rotatable bonds is 10. The average Bonchev–Trinajstić information content (AvgIpc) is 2.75. The fourth-order valence-corrected chi connectivity index (χ4v) is 4.34. The highest BCUT2D eigenvalue weighted by Gasteiger charge is 2.31. The Kier molecular flexibility index (Phi) is 9.35. The van der Waals surface area contributed by atoms with Crippen molar-refractivity contribution in [3.05, 3.63) is 76.7 Å². The van der Waals surface area contributed by atoms with Gasteiger partial charge in [-0.25, -0.2) is 8.42 Å². The van der Waals surface area contributed by atoms with Crippen LogP contribution in [0.15, 0.2) is 60.0 Å². The van der Waals surface area contributed by atoms with Crippen LogP contribution in [0.4, 0.5) is 13.2 Å². The number of nitrogens with one attached hydrogen (secondary N) is 2. The minimum atomic E-state index is -4.50. The van der Waals surface area contributed by atoms with E-state index in [2.05, 4.69) is 10.0 Å². The number of hydrogen-bond acceptors (Lipinski definition) is 4. The Balaban J connectivity index is 2.12. The molecule has 0 radical (unpaired) electrons. The summed E-state index contributed by atoms with van der Waals surface area (Å²) in [5.74, 6) is -0.0957. The van der Waals surface area contributed by atoms with Gasteiger partial charge >= 0.3 is 6.18 Å². The van der Waals surface area contributed by atoms with E-state index in [1.807, 2.05) is 6.26 Å². The molecule has 0 saturated carbocycles. The Labute approximate surface area is 190 Å². The average molecular weight is 487 g/mol. The molecule has 2 aromatic rings. The number of thioether (sulfide) groups is 1. The highest BCUT2D eigenvalue weighted by Crippen LogP contribution is 2.30. The summed E-state index contributed by atoms with van der Waals surface area (Å²) in [4.78, 5) is 12.8. The van der Waals surface area contributed by atoms with Crippen LogP contribution in [0, 0.1) is 0 Å². The highest BCUT2D eigenvalue weighted by molar-refractivity contribution is 7.98. The molecule has 2 rings (SSSR count). The Bertz CT molecular complexity index is 1030. The molecule has 0 saturated heterocycles. The van der Waals surface area contributed by atoms with Gasteiger partial charge < -0.3 is 5.32 Å². The molecule has 0 aromatic heterocycles. The lowest BCUT2D eigenvalue weighted by atomic mass is 10.0. The largest absolute Gasteiger partial charge is 0.416 e. The molecule has 2 unspecified atom stereocenters. The summed E-state index contributed by atoms with van der Waals surface area (Å²) in [6.07, 6.45) is -1.04. The predicted octanol–water partition coefficient (Wildman–Crippen LogP) is 4.59. The van der Waals surface area contributed by atoms with E-state index < -0.39 is 39.8 Å². The lowest BCUT2D eigenvalue weighted by Crippen LogP contribution is -2.47. The molecule has 0 aliphatic carbocycles. The molecule has 10 heteroatoms. The van der Waals surface area contributed by atoms with E-state index >= 15 is 0 Å². The van der Waals surface area contributed by atoms with Gasteiger partial charge in [-0.15, -0.1) is 0 Å². The minimum Gasteiger partial charge on any atom is -0.348 e. The van der Waals surface area contributed by atoms with E-state index in [-0.39, 0.29) is 12.0 Å². The number of sulfonamides is 1. The maximum Gasteiger partial charge on any atom is 0.416 e. The number of amides is 1. The molecule has 2 atom stereocenters. The van der Waals surface area contributed by atoms with Gasteiger partial charge in [0.05, 0.1) is 11.6 Å². The van der Waals surface area contributed by atoms with Gasteiger partial charge in [-0.2, -0.15) is 29.7 Å². The van der Waals surface area contributed by atoms with Crippen molar-refractivity contribution in [1.82, 2.24) is 10.0 Å². The van der Waals surface area contributed by atoms with Crippen LogP contribution in [0.2, 0.25) is 0 Å². The van der Waals surface area contributed by atoms with Crippen LogP contribution in [-0.2, 0) is 21.0 Å². The van der Waals surface area contributed by atoms with Crippen molar-refractivity contribution in [3.8, 4) is 0 Å². The van der Waals surface area contributed by atoms with E-state index in [0.29, 0.717) is 11.3 Å². The first kappa shape index (κ1) is 26.0. The monoisotopic (exact) mass is 486 g/mol. The molecular formula is C22H25F3N2O3S2. The topological polar surface area (TPSA) is 75.3 Å². The van der Waals surface area contributed by atoms with E-state index in [1.165, 1.54) is 30.0 Å². The summed E-state index contributed by atoms with van der Waals surface area (Å²) in [6.45, 7) is 1.54. The Morgan fingerprint density at radius 1 is 1.12 bits per heavy atom. The van der Waals surface area contributed by atoms with E-state index in [1.54, 1.807) is 37.3 Å². The van der Waals surface area contributed by atoms with Crippen LogP contribution in [0.3, 0.4) is 0 Å². The standard InChI is InChI=1S/C22H25F3N2O3S2/c1-16(18-9-6-10-19(15-18)22(23,24)25)26-21(28)20(11-13-31-2)27-32(29,30)14-12-17-7-4-3-5-8-17/h3-10,12,14-16,20,27H,11,13H2,1-2H3,(H,26,28)/b14-12+. The van der Waals surface area contributed by atoms with Gasteiger partial charge in [0.2, 0.25) is 15.9 Å². The summed E-state index contributed by atoms with van der Waals surface area (Å²) in [6, 6.07) is 11.7. The van der Waals surface area contributed by atoms with Gasteiger partial charge in [-0.05, 0) is 54.7 Å². The molecule has 0 aliphatic heterocycles. The second-order valence-electron chi connectivity index (χ2n) is 7.06. The molecule has 0 bridgehead atoms. The normalized spacial score (nSPS) is 14.3. The van der Waals surface area contributed by atoms with E-state index in [9.17, 15) is 26.4 Å². The molecule has 0 fully saturated rings. The van der Waals surface area contributed by atoms with Gasteiger partial charge in [-0.3, -0.25) is 4.79 Å².